The van der Waals surface area contributed by atoms with Crippen LogP contribution in [0.1, 0.15) is 6.92 Å². The van der Waals surface area contributed by atoms with Crippen LogP contribution in [-0.2, 0) is 14.2 Å². The van der Waals surface area contributed by atoms with Crippen LogP contribution in [0.2, 0.25) is 0 Å². The lowest BCUT2D eigenvalue weighted by molar-refractivity contribution is -0.303. The first-order valence-corrected chi connectivity index (χ1v) is 4.92. The van der Waals surface area contributed by atoms with Gasteiger partial charge in [-0.1, -0.05) is 0 Å². The van der Waals surface area contributed by atoms with Crippen molar-refractivity contribution in [2.75, 3.05) is 20.3 Å². The van der Waals surface area contributed by atoms with Crippen molar-refractivity contribution in [3.8, 4) is 0 Å². The first-order chi connectivity index (χ1) is 7.15. The Morgan fingerprint density at radius 3 is 2.40 bits per heavy atom. The molecule has 90 valence electrons. The minimum Gasteiger partial charge on any atom is -0.394 e. The third-order valence-electron chi connectivity index (χ3n) is 2.42. The highest BCUT2D eigenvalue weighted by Crippen LogP contribution is 2.23. The fourth-order valence-electron chi connectivity index (χ4n) is 1.65. The molecule has 15 heavy (non-hydrogen) atoms. The molecule has 1 fully saturated rings. The van der Waals surface area contributed by atoms with Crippen molar-refractivity contribution in [1.29, 1.82) is 0 Å². The van der Waals surface area contributed by atoms with Crippen molar-refractivity contribution in [2.45, 2.75) is 37.6 Å². The molecule has 0 radical (unpaired) electrons. The van der Waals surface area contributed by atoms with E-state index in [1.165, 1.54) is 7.11 Å². The summed E-state index contributed by atoms with van der Waals surface area (Å²) in [4.78, 5) is 0. The summed E-state index contributed by atoms with van der Waals surface area (Å²) < 4.78 is 15.3. The number of ether oxygens (including phenoxy) is 3. The van der Waals surface area contributed by atoms with E-state index in [1.807, 2.05) is 0 Å². The molecule has 0 aromatic heterocycles. The number of hydrogen-bond donors (Lipinski definition) is 3. The first kappa shape index (κ1) is 12.8. The van der Waals surface area contributed by atoms with Gasteiger partial charge in [-0.15, -0.1) is 0 Å². The zero-order valence-corrected chi connectivity index (χ0v) is 8.87. The van der Waals surface area contributed by atoms with Crippen LogP contribution < -0.4 is 0 Å². The van der Waals surface area contributed by atoms with E-state index in [2.05, 4.69) is 0 Å². The van der Waals surface area contributed by atoms with Crippen molar-refractivity contribution in [2.24, 2.45) is 0 Å². The third kappa shape index (κ3) is 2.66. The summed E-state index contributed by atoms with van der Waals surface area (Å²) in [6, 6.07) is 0. The van der Waals surface area contributed by atoms with Crippen LogP contribution in [0.3, 0.4) is 0 Å². The predicted octanol–water partition coefficient (Wildman–Crippen LogP) is -1.52. The van der Waals surface area contributed by atoms with Gasteiger partial charge in [0, 0.05) is 13.7 Å². The first-order valence-electron chi connectivity index (χ1n) is 4.92. The van der Waals surface area contributed by atoms with Crippen LogP contribution >= 0.6 is 0 Å². The molecule has 1 aliphatic rings. The lowest BCUT2D eigenvalue weighted by Gasteiger charge is -2.41. The van der Waals surface area contributed by atoms with Gasteiger partial charge in [-0.3, -0.25) is 0 Å². The maximum absolute atomic E-state index is 9.69. The Bertz CT molecular complexity index is 183. The maximum Gasteiger partial charge on any atom is 0.186 e. The lowest BCUT2D eigenvalue weighted by Crippen LogP contribution is -2.59. The van der Waals surface area contributed by atoms with E-state index in [4.69, 9.17) is 19.3 Å². The maximum atomic E-state index is 9.69. The number of aliphatic hydroxyl groups is 3. The molecule has 5 atom stereocenters. The summed E-state index contributed by atoms with van der Waals surface area (Å²) in [5, 5.41) is 28.3. The molecule has 6 heteroatoms. The van der Waals surface area contributed by atoms with Crippen LogP contribution in [0, 0.1) is 0 Å². The van der Waals surface area contributed by atoms with E-state index in [1.54, 1.807) is 6.92 Å². The molecule has 3 N–H and O–H groups in total. The summed E-state index contributed by atoms with van der Waals surface area (Å²) >= 11 is 0. The summed E-state index contributed by atoms with van der Waals surface area (Å²) in [6.45, 7) is 1.80. The summed E-state index contributed by atoms with van der Waals surface area (Å²) in [5.74, 6) is 0. The summed E-state index contributed by atoms with van der Waals surface area (Å²) in [7, 11) is 1.38. The third-order valence-corrected chi connectivity index (χ3v) is 2.42. The topological polar surface area (TPSA) is 88.4 Å². The van der Waals surface area contributed by atoms with E-state index in [0.29, 0.717) is 6.61 Å². The van der Waals surface area contributed by atoms with Gasteiger partial charge in [-0.25, -0.2) is 0 Å². The molecule has 1 heterocycles. The van der Waals surface area contributed by atoms with Gasteiger partial charge in [0.2, 0.25) is 0 Å². The Kier molecular flexibility index (Phi) is 4.91. The second-order valence-corrected chi connectivity index (χ2v) is 3.36. The zero-order valence-electron chi connectivity index (χ0n) is 8.87. The highest BCUT2D eigenvalue weighted by atomic mass is 16.7. The highest BCUT2D eigenvalue weighted by Gasteiger charge is 2.44. The van der Waals surface area contributed by atoms with E-state index >= 15 is 0 Å². The Morgan fingerprint density at radius 2 is 1.93 bits per heavy atom. The SMILES string of the molecule is CCO[C@@H]1O[C@H](CO)[C@@H](OC)[C@H](O)[C@H]1O. The predicted molar refractivity (Wildman–Crippen MR) is 50.2 cm³/mol. The number of methoxy groups -OCH3 is 1. The fraction of sp³-hybridized carbons (Fsp3) is 1.00. The number of rotatable bonds is 4. The molecule has 0 aliphatic carbocycles. The van der Waals surface area contributed by atoms with Crippen molar-refractivity contribution >= 4 is 0 Å². The van der Waals surface area contributed by atoms with Gasteiger partial charge < -0.3 is 29.5 Å². The molecule has 1 saturated heterocycles. The Labute approximate surface area is 88.4 Å². The second-order valence-electron chi connectivity index (χ2n) is 3.36. The Morgan fingerprint density at radius 1 is 1.27 bits per heavy atom. The largest absolute Gasteiger partial charge is 0.394 e. The van der Waals surface area contributed by atoms with Crippen LogP contribution in [0.15, 0.2) is 0 Å². The standard InChI is InChI=1S/C9H18O6/c1-3-14-9-7(12)6(11)8(13-2)5(4-10)15-9/h5-12H,3-4H2,1-2H3/t5-,6-,7-,8-,9-/m1/s1. The normalized spacial score (nSPS) is 41.8. The van der Waals surface area contributed by atoms with Gasteiger partial charge >= 0.3 is 0 Å². The van der Waals surface area contributed by atoms with E-state index < -0.39 is 30.7 Å². The lowest BCUT2D eigenvalue weighted by atomic mass is 9.99. The van der Waals surface area contributed by atoms with Gasteiger partial charge in [0.05, 0.1) is 6.61 Å². The summed E-state index contributed by atoms with van der Waals surface area (Å²) in [5.41, 5.74) is 0. The average Bonchev–Trinajstić information content (AvgIpc) is 2.24. The minimum absolute atomic E-state index is 0.300. The van der Waals surface area contributed by atoms with E-state index in [0.717, 1.165) is 0 Å². The second kappa shape index (κ2) is 5.74. The van der Waals surface area contributed by atoms with E-state index in [-0.39, 0.29) is 6.61 Å². The fourth-order valence-corrected chi connectivity index (χ4v) is 1.65. The van der Waals surface area contributed by atoms with Gasteiger partial charge in [-0.05, 0) is 6.92 Å². The van der Waals surface area contributed by atoms with Gasteiger partial charge in [0.25, 0.3) is 0 Å². The molecule has 1 rings (SSSR count). The molecular weight excluding hydrogens is 204 g/mol. The van der Waals surface area contributed by atoms with Gasteiger partial charge in [0.1, 0.15) is 24.4 Å². The van der Waals surface area contributed by atoms with Crippen molar-refractivity contribution < 1.29 is 29.5 Å². The number of aliphatic hydroxyl groups excluding tert-OH is 3. The highest BCUT2D eigenvalue weighted by molar-refractivity contribution is 4.89. The quantitative estimate of drug-likeness (QED) is 0.535. The van der Waals surface area contributed by atoms with Crippen LogP contribution in [0.25, 0.3) is 0 Å². The van der Waals surface area contributed by atoms with Crippen molar-refractivity contribution in [3.05, 3.63) is 0 Å². The molecule has 1 aliphatic heterocycles. The molecule has 0 unspecified atom stereocenters. The zero-order chi connectivity index (χ0) is 11.4. The summed E-state index contributed by atoms with van der Waals surface area (Å²) in [6.07, 6.45) is -4.66. The van der Waals surface area contributed by atoms with Crippen LogP contribution in [0.4, 0.5) is 0 Å². The molecule has 0 amide bonds. The molecule has 0 aromatic carbocycles. The van der Waals surface area contributed by atoms with Gasteiger partial charge in [0.15, 0.2) is 6.29 Å². The van der Waals surface area contributed by atoms with Crippen molar-refractivity contribution in [1.82, 2.24) is 0 Å². The van der Waals surface area contributed by atoms with E-state index in [9.17, 15) is 10.2 Å². The minimum atomic E-state index is -1.17. The molecule has 0 saturated carbocycles. The molecule has 0 aromatic rings. The average molecular weight is 222 g/mol. The Balaban J connectivity index is 2.68. The molecule has 0 bridgehead atoms. The molecular formula is C9H18O6. The van der Waals surface area contributed by atoms with Crippen LogP contribution in [-0.4, -0.2) is 66.3 Å². The van der Waals surface area contributed by atoms with Crippen LogP contribution in [0.5, 0.6) is 0 Å². The molecule has 0 spiro atoms. The van der Waals surface area contributed by atoms with Crippen molar-refractivity contribution in [3.63, 3.8) is 0 Å². The number of hydrogen-bond acceptors (Lipinski definition) is 6. The smallest absolute Gasteiger partial charge is 0.186 e. The Hall–Kier alpha value is -0.240. The monoisotopic (exact) mass is 222 g/mol. The molecule has 6 nitrogen and oxygen atoms in total. The van der Waals surface area contributed by atoms with Gasteiger partial charge in [-0.2, -0.15) is 0 Å².